The van der Waals surface area contributed by atoms with E-state index >= 15 is 0 Å². The summed E-state index contributed by atoms with van der Waals surface area (Å²) in [5.41, 5.74) is 3.13. The normalized spacial score (nSPS) is 25.5. The predicted molar refractivity (Wildman–Crippen MR) is 72.1 cm³/mol. The van der Waals surface area contributed by atoms with Gasteiger partial charge in [0.25, 0.3) is 0 Å². The Bertz CT molecular complexity index is 364. The molecule has 1 unspecified atom stereocenters. The Labute approximate surface area is 105 Å². The lowest BCUT2D eigenvalue weighted by Crippen LogP contribution is -2.31. The van der Waals surface area contributed by atoms with Crippen LogP contribution in [0.3, 0.4) is 0 Å². The number of nitrogens with one attached hydrogen (secondary N) is 1. The van der Waals surface area contributed by atoms with Crippen molar-refractivity contribution in [1.29, 1.82) is 0 Å². The zero-order valence-corrected chi connectivity index (χ0v) is 10.6. The highest BCUT2D eigenvalue weighted by Gasteiger charge is 2.24. The first-order valence-electron chi connectivity index (χ1n) is 7.27. The van der Waals surface area contributed by atoms with Crippen LogP contribution in [0.2, 0.25) is 0 Å². The lowest BCUT2D eigenvalue weighted by Gasteiger charge is -2.22. The smallest absolute Gasteiger partial charge is 0.0328 e. The van der Waals surface area contributed by atoms with Crippen molar-refractivity contribution in [1.82, 2.24) is 5.32 Å². The summed E-state index contributed by atoms with van der Waals surface area (Å²) in [6.07, 6.45) is 11.1. The monoisotopic (exact) mass is 229 g/mol. The summed E-state index contributed by atoms with van der Waals surface area (Å²) in [4.78, 5) is 0. The summed E-state index contributed by atoms with van der Waals surface area (Å²) in [5.74, 6) is 0. The van der Waals surface area contributed by atoms with E-state index in [4.69, 9.17) is 0 Å². The Kier molecular flexibility index (Phi) is 3.46. The van der Waals surface area contributed by atoms with Gasteiger partial charge in [0, 0.05) is 12.1 Å². The fourth-order valence-electron chi connectivity index (χ4n) is 3.46. The Balaban J connectivity index is 1.66. The summed E-state index contributed by atoms with van der Waals surface area (Å²) in [6.45, 7) is 0. The SMILES string of the molecule is c1ccc2c(c1)CCC2NC1CCCCCC1. The molecule has 3 rings (SSSR count). The third-order valence-electron chi connectivity index (χ3n) is 4.42. The topological polar surface area (TPSA) is 12.0 Å². The highest BCUT2D eigenvalue weighted by Crippen LogP contribution is 2.32. The maximum Gasteiger partial charge on any atom is 0.0328 e. The van der Waals surface area contributed by atoms with E-state index in [1.165, 1.54) is 51.4 Å². The molecular weight excluding hydrogens is 206 g/mol. The van der Waals surface area contributed by atoms with Gasteiger partial charge in [-0.05, 0) is 36.8 Å². The second-order valence-electron chi connectivity index (χ2n) is 5.65. The van der Waals surface area contributed by atoms with Gasteiger partial charge in [0.15, 0.2) is 0 Å². The molecule has 1 aromatic carbocycles. The molecule has 0 radical (unpaired) electrons. The Hall–Kier alpha value is -0.820. The van der Waals surface area contributed by atoms with Gasteiger partial charge in [0.05, 0.1) is 0 Å². The largest absolute Gasteiger partial charge is 0.307 e. The van der Waals surface area contributed by atoms with Gasteiger partial charge in [0.2, 0.25) is 0 Å². The minimum Gasteiger partial charge on any atom is -0.307 e. The van der Waals surface area contributed by atoms with E-state index < -0.39 is 0 Å². The molecule has 1 atom stereocenters. The first-order valence-corrected chi connectivity index (χ1v) is 7.27. The van der Waals surface area contributed by atoms with Crippen molar-refractivity contribution < 1.29 is 0 Å². The number of fused-ring (bicyclic) bond motifs is 1. The number of benzene rings is 1. The summed E-state index contributed by atoms with van der Waals surface area (Å²) in [6, 6.07) is 10.4. The van der Waals surface area contributed by atoms with Gasteiger partial charge in [-0.2, -0.15) is 0 Å². The lowest BCUT2D eigenvalue weighted by molar-refractivity contribution is 0.397. The number of hydrogen-bond donors (Lipinski definition) is 1. The van der Waals surface area contributed by atoms with Crippen LogP contribution in [0.5, 0.6) is 0 Å². The van der Waals surface area contributed by atoms with Gasteiger partial charge in [0.1, 0.15) is 0 Å². The quantitative estimate of drug-likeness (QED) is 0.756. The van der Waals surface area contributed by atoms with Gasteiger partial charge in [-0.15, -0.1) is 0 Å². The molecule has 1 N–H and O–H groups in total. The van der Waals surface area contributed by atoms with Crippen LogP contribution >= 0.6 is 0 Å². The average Bonchev–Trinajstić information content (AvgIpc) is 2.59. The van der Waals surface area contributed by atoms with Crippen molar-refractivity contribution in [3.8, 4) is 0 Å². The summed E-state index contributed by atoms with van der Waals surface area (Å²) >= 11 is 0. The molecule has 2 aliphatic rings. The van der Waals surface area contributed by atoms with Crippen molar-refractivity contribution in [2.24, 2.45) is 0 Å². The van der Waals surface area contributed by atoms with Crippen LogP contribution in [0.15, 0.2) is 24.3 Å². The van der Waals surface area contributed by atoms with E-state index in [0.717, 1.165) is 6.04 Å². The number of aryl methyl sites for hydroxylation is 1. The van der Waals surface area contributed by atoms with Gasteiger partial charge in [-0.25, -0.2) is 0 Å². The Morgan fingerprint density at radius 2 is 1.65 bits per heavy atom. The summed E-state index contributed by atoms with van der Waals surface area (Å²) < 4.78 is 0. The number of hydrogen-bond acceptors (Lipinski definition) is 1. The van der Waals surface area contributed by atoms with E-state index in [1.54, 1.807) is 11.1 Å². The first kappa shape index (κ1) is 11.3. The summed E-state index contributed by atoms with van der Waals surface area (Å²) in [7, 11) is 0. The van der Waals surface area contributed by atoms with Crippen molar-refractivity contribution in [2.45, 2.75) is 63.5 Å². The van der Waals surface area contributed by atoms with Crippen molar-refractivity contribution in [3.63, 3.8) is 0 Å². The molecule has 1 nitrogen and oxygen atoms in total. The molecular formula is C16H23N. The minimum atomic E-state index is 0.634. The molecule has 0 spiro atoms. The third kappa shape index (κ3) is 2.55. The molecule has 0 bridgehead atoms. The minimum absolute atomic E-state index is 0.634. The molecule has 1 aromatic rings. The third-order valence-corrected chi connectivity index (χ3v) is 4.42. The Morgan fingerprint density at radius 1 is 0.882 bits per heavy atom. The molecule has 0 heterocycles. The lowest BCUT2D eigenvalue weighted by atomic mass is 10.0. The second-order valence-corrected chi connectivity index (χ2v) is 5.65. The number of rotatable bonds is 2. The molecule has 1 heteroatoms. The van der Waals surface area contributed by atoms with Crippen LogP contribution in [0, 0.1) is 0 Å². The molecule has 0 aromatic heterocycles. The van der Waals surface area contributed by atoms with E-state index in [-0.39, 0.29) is 0 Å². The maximum atomic E-state index is 3.91. The van der Waals surface area contributed by atoms with Gasteiger partial charge < -0.3 is 5.32 Å². The van der Waals surface area contributed by atoms with Crippen LogP contribution in [0.1, 0.15) is 62.1 Å². The van der Waals surface area contributed by atoms with Crippen molar-refractivity contribution in [2.75, 3.05) is 0 Å². The van der Waals surface area contributed by atoms with Crippen LogP contribution in [-0.2, 0) is 6.42 Å². The molecule has 1 fully saturated rings. The zero-order chi connectivity index (χ0) is 11.5. The van der Waals surface area contributed by atoms with Gasteiger partial charge in [-0.3, -0.25) is 0 Å². The van der Waals surface area contributed by atoms with Crippen LogP contribution in [0.25, 0.3) is 0 Å². The maximum absolute atomic E-state index is 3.91. The summed E-state index contributed by atoms with van der Waals surface area (Å²) in [5, 5.41) is 3.91. The van der Waals surface area contributed by atoms with Crippen molar-refractivity contribution in [3.05, 3.63) is 35.4 Å². The standard InChI is InChI=1S/C16H23N/c1-2-4-9-14(8-3-1)17-16-12-11-13-7-5-6-10-15(13)16/h5-7,10,14,16-17H,1-4,8-9,11-12H2. The Morgan fingerprint density at radius 3 is 2.47 bits per heavy atom. The first-order chi connectivity index (χ1) is 8.43. The molecule has 1 saturated carbocycles. The average molecular weight is 229 g/mol. The van der Waals surface area contributed by atoms with E-state index in [2.05, 4.69) is 29.6 Å². The van der Waals surface area contributed by atoms with E-state index in [1.807, 2.05) is 0 Å². The molecule has 0 aliphatic heterocycles. The highest BCUT2D eigenvalue weighted by atomic mass is 15.0. The predicted octanol–water partition coefficient (Wildman–Crippen LogP) is 3.99. The highest BCUT2D eigenvalue weighted by molar-refractivity contribution is 5.34. The van der Waals surface area contributed by atoms with Gasteiger partial charge >= 0.3 is 0 Å². The fraction of sp³-hybridized carbons (Fsp3) is 0.625. The molecule has 0 saturated heterocycles. The molecule has 0 amide bonds. The van der Waals surface area contributed by atoms with Crippen LogP contribution in [0.4, 0.5) is 0 Å². The van der Waals surface area contributed by atoms with Crippen LogP contribution < -0.4 is 5.32 Å². The van der Waals surface area contributed by atoms with E-state index in [9.17, 15) is 0 Å². The second kappa shape index (κ2) is 5.22. The zero-order valence-electron chi connectivity index (χ0n) is 10.6. The van der Waals surface area contributed by atoms with E-state index in [0.29, 0.717) is 6.04 Å². The molecule has 2 aliphatic carbocycles. The fourth-order valence-corrected chi connectivity index (χ4v) is 3.46. The van der Waals surface area contributed by atoms with Crippen molar-refractivity contribution >= 4 is 0 Å². The van der Waals surface area contributed by atoms with Gasteiger partial charge in [-0.1, -0.05) is 49.9 Å². The molecule has 17 heavy (non-hydrogen) atoms. The van der Waals surface area contributed by atoms with Crippen LogP contribution in [-0.4, -0.2) is 6.04 Å². The molecule has 92 valence electrons.